The molecule has 0 unspecified atom stereocenters. The fraction of sp³-hybridized carbons (Fsp3) is 0.667. The van der Waals surface area contributed by atoms with Crippen molar-refractivity contribution in [1.29, 1.82) is 0 Å². The molecule has 0 aromatic heterocycles. The molecule has 1 fully saturated rings. The van der Waals surface area contributed by atoms with E-state index >= 15 is 4.39 Å². The van der Waals surface area contributed by atoms with Gasteiger partial charge in [0.25, 0.3) is 0 Å². The van der Waals surface area contributed by atoms with E-state index in [1.54, 1.807) is 11.0 Å². The second kappa shape index (κ2) is 11.0. The first kappa shape index (κ1) is 28.0. The van der Waals surface area contributed by atoms with Crippen LogP contribution >= 0.6 is 11.2 Å². The number of benzene rings is 1. The number of nitrogens with zero attached hydrogens (tertiary/aromatic N) is 1. The summed E-state index contributed by atoms with van der Waals surface area (Å²) in [6.45, 7) is 25.1. The Morgan fingerprint density at radius 2 is 1.67 bits per heavy atom. The van der Waals surface area contributed by atoms with Crippen LogP contribution in [0.25, 0.3) is 0 Å². The van der Waals surface area contributed by atoms with Crippen LogP contribution in [-0.2, 0) is 4.74 Å². The van der Waals surface area contributed by atoms with Crippen LogP contribution in [0.2, 0.25) is 11.1 Å². The second-order valence-corrected chi connectivity index (χ2v) is 19.1. The van der Waals surface area contributed by atoms with Gasteiger partial charge in [-0.15, -0.1) is 17.8 Å². The van der Waals surface area contributed by atoms with E-state index in [0.29, 0.717) is 30.1 Å². The van der Waals surface area contributed by atoms with Gasteiger partial charge in [-0.2, -0.15) is 0 Å². The topological polar surface area (TPSA) is 29.5 Å². The van der Waals surface area contributed by atoms with Crippen LogP contribution < -0.4 is 0 Å². The molecule has 0 aliphatic carbocycles. The molecule has 2 rings (SSSR count). The van der Waals surface area contributed by atoms with Crippen LogP contribution in [0, 0.1) is 11.7 Å². The Balaban J connectivity index is 2.34. The van der Waals surface area contributed by atoms with Crippen molar-refractivity contribution in [2.45, 2.75) is 103 Å². The fourth-order valence-electron chi connectivity index (χ4n) is 5.02. The summed E-state index contributed by atoms with van der Waals surface area (Å²) in [4.78, 5) is 15.3. The van der Waals surface area contributed by atoms with Gasteiger partial charge in [-0.1, -0.05) is 52.8 Å². The van der Waals surface area contributed by atoms with Crippen molar-refractivity contribution in [3.63, 3.8) is 0 Å². The highest BCUT2D eigenvalue weighted by Gasteiger charge is 2.45. The van der Waals surface area contributed by atoms with E-state index in [9.17, 15) is 4.79 Å². The Bertz CT molecular complexity index is 831. The SMILES string of the molecule is C=C(C(C)C)[Si](Sc1cccc(F)c1C1CCN(C(=O)OC(C)(C)C)CC1)(C(C)C)C(C)C. The smallest absolute Gasteiger partial charge is 0.410 e. The lowest BCUT2D eigenvalue weighted by atomic mass is 9.89. The number of likely N-dealkylation sites (tertiary alicyclic amines) is 1. The zero-order chi connectivity index (χ0) is 25.1. The second-order valence-electron chi connectivity index (χ2n) is 11.3. The van der Waals surface area contributed by atoms with Crippen molar-refractivity contribution in [3.05, 3.63) is 41.4 Å². The molecule has 0 bridgehead atoms. The number of hydrogen-bond acceptors (Lipinski definition) is 3. The quantitative estimate of drug-likeness (QED) is 0.356. The number of hydrogen-bond donors (Lipinski definition) is 0. The average molecular weight is 494 g/mol. The van der Waals surface area contributed by atoms with Crippen LogP contribution in [0.15, 0.2) is 34.9 Å². The molecule has 6 heteroatoms. The molecule has 33 heavy (non-hydrogen) atoms. The van der Waals surface area contributed by atoms with Gasteiger partial charge < -0.3 is 9.64 Å². The van der Waals surface area contributed by atoms with E-state index in [-0.39, 0.29) is 17.8 Å². The zero-order valence-electron chi connectivity index (χ0n) is 22.1. The molecular formula is C27H44FNO2SSi. The summed E-state index contributed by atoms with van der Waals surface area (Å²) in [5.41, 5.74) is 1.30. The van der Waals surface area contributed by atoms with Gasteiger partial charge in [0.05, 0.1) is 0 Å². The van der Waals surface area contributed by atoms with Gasteiger partial charge in [0, 0.05) is 23.5 Å². The summed E-state index contributed by atoms with van der Waals surface area (Å²) in [7, 11) is -2.06. The van der Waals surface area contributed by atoms with Gasteiger partial charge >= 0.3 is 6.09 Å². The molecule has 1 amide bonds. The summed E-state index contributed by atoms with van der Waals surface area (Å²) >= 11 is 1.93. The van der Waals surface area contributed by atoms with Crippen molar-refractivity contribution in [3.8, 4) is 0 Å². The number of carbonyl (C=O) groups is 1. The fourth-order valence-corrected chi connectivity index (χ4v) is 14.4. The van der Waals surface area contributed by atoms with Gasteiger partial charge in [-0.3, -0.25) is 0 Å². The molecule has 0 atom stereocenters. The normalized spacial score (nSPS) is 16.1. The monoisotopic (exact) mass is 493 g/mol. The number of piperidine rings is 1. The van der Waals surface area contributed by atoms with Crippen molar-refractivity contribution in [1.82, 2.24) is 4.90 Å². The minimum absolute atomic E-state index is 0.103. The van der Waals surface area contributed by atoms with Gasteiger partial charge in [0.1, 0.15) is 11.4 Å². The number of carbonyl (C=O) groups excluding carboxylic acids is 1. The van der Waals surface area contributed by atoms with E-state index in [1.807, 2.05) is 38.0 Å². The zero-order valence-corrected chi connectivity index (χ0v) is 23.9. The molecule has 1 saturated heterocycles. The molecule has 1 heterocycles. The predicted octanol–water partition coefficient (Wildman–Crippen LogP) is 8.55. The highest BCUT2D eigenvalue weighted by Crippen LogP contribution is 2.53. The Labute approximate surface area is 206 Å². The lowest BCUT2D eigenvalue weighted by Crippen LogP contribution is -2.42. The number of ether oxygens (including phenoxy) is 1. The van der Waals surface area contributed by atoms with E-state index in [1.165, 1.54) is 5.20 Å². The first-order valence-corrected chi connectivity index (χ1v) is 16.0. The lowest BCUT2D eigenvalue weighted by molar-refractivity contribution is 0.0204. The van der Waals surface area contributed by atoms with E-state index in [4.69, 9.17) is 4.74 Å². The molecule has 0 N–H and O–H groups in total. The minimum atomic E-state index is -2.06. The minimum Gasteiger partial charge on any atom is -0.444 e. The van der Waals surface area contributed by atoms with Crippen LogP contribution in [0.3, 0.4) is 0 Å². The third-order valence-corrected chi connectivity index (χ3v) is 18.0. The van der Waals surface area contributed by atoms with Crippen LogP contribution in [0.4, 0.5) is 9.18 Å². The van der Waals surface area contributed by atoms with Crippen LogP contribution in [0.5, 0.6) is 0 Å². The van der Waals surface area contributed by atoms with E-state index in [2.05, 4.69) is 54.2 Å². The Morgan fingerprint density at radius 1 is 1.12 bits per heavy atom. The maximum absolute atomic E-state index is 15.3. The summed E-state index contributed by atoms with van der Waals surface area (Å²) in [5.74, 6) is 0.384. The summed E-state index contributed by atoms with van der Waals surface area (Å²) in [5, 5.41) is 1.35. The molecule has 0 radical (unpaired) electrons. The molecule has 0 saturated carbocycles. The Morgan fingerprint density at radius 3 is 2.12 bits per heavy atom. The highest BCUT2D eigenvalue weighted by atomic mass is 32.4. The molecule has 1 aromatic rings. The van der Waals surface area contributed by atoms with Gasteiger partial charge in [-0.25, -0.2) is 9.18 Å². The first-order valence-electron chi connectivity index (χ1n) is 12.3. The van der Waals surface area contributed by atoms with Crippen molar-refractivity contribution in [2.75, 3.05) is 13.1 Å². The third kappa shape index (κ3) is 6.44. The third-order valence-electron chi connectivity index (χ3n) is 6.76. The molecule has 1 aromatic carbocycles. The lowest BCUT2D eigenvalue weighted by Gasteiger charge is -2.43. The molecular weight excluding hydrogens is 449 g/mol. The molecule has 1 aliphatic heterocycles. The maximum atomic E-state index is 15.3. The largest absolute Gasteiger partial charge is 0.444 e. The number of halogens is 1. The molecule has 1 aliphatic rings. The van der Waals surface area contributed by atoms with Gasteiger partial charge in [-0.05, 0) is 68.7 Å². The predicted molar refractivity (Wildman–Crippen MR) is 142 cm³/mol. The molecule has 186 valence electrons. The van der Waals surface area contributed by atoms with Crippen molar-refractivity contribution in [2.24, 2.45) is 5.92 Å². The number of allylic oxidation sites excluding steroid dienone is 1. The highest BCUT2D eigenvalue weighted by molar-refractivity contribution is 8.30. The summed E-state index contributed by atoms with van der Waals surface area (Å²) < 4.78 is 20.9. The molecule has 0 spiro atoms. The van der Waals surface area contributed by atoms with Crippen LogP contribution in [-0.4, -0.2) is 36.9 Å². The average Bonchev–Trinajstić information content (AvgIpc) is 2.70. The Hall–Kier alpha value is -1.27. The van der Waals surface area contributed by atoms with Crippen molar-refractivity contribution >= 4 is 24.5 Å². The number of rotatable bonds is 7. The summed E-state index contributed by atoms with van der Waals surface area (Å²) in [6, 6.07) is 5.53. The van der Waals surface area contributed by atoms with Crippen LogP contribution in [0.1, 0.15) is 86.6 Å². The Kier molecular flexibility index (Phi) is 9.31. The first-order chi connectivity index (χ1) is 15.2. The van der Waals surface area contributed by atoms with Gasteiger partial charge in [0.2, 0.25) is 0 Å². The summed E-state index contributed by atoms with van der Waals surface area (Å²) in [6.07, 6.45) is 1.22. The standard InChI is InChI=1S/C27H44FNO2SSi/c1-18(2)21(7)33(19(3)4,20(5)6)32-24-13-11-12-23(28)25(24)22-14-16-29(17-15-22)26(30)31-27(8,9)10/h11-13,18-20,22H,7,14-17H2,1-6,8-10H3. The molecule has 3 nitrogen and oxygen atoms in total. The number of amides is 1. The van der Waals surface area contributed by atoms with E-state index in [0.717, 1.165) is 23.3 Å². The maximum Gasteiger partial charge on any atom is 0.410 e. The van der Waals surface area contributed by atoms with Crippen molar-refractivity contribution < 1.29 is 13.9 Å². The van der Waals surface area contributed by atoms with E-state index < -0.39 is 12.8 Å². The van der Waals surface area contributed by atoms with Gasteiger partial charge in [0.15, 0.2) is 7.22 Å².